The highest BCUT2D eigenvalue weighted by molar-refractivity contribution is 6.30. The van der Waals surface area contributed by atoms with Crippen molar-refractivity contribution in [1.29, 1.82) is 0 Å². The minimum atomic E-state index is 0.234. The van der Waals surface area contributed by atoms with Crippen LogP contribution >= 0.6 is 11.6 Å². The molecular weight excluding hydrogens is 426 g/mol. The first-order valence-electron chi connectivity index (χ1n) is 9.93. The van der Waals surface area contributed by atoms with Gasteiger partial charge in [0.25, 0.3) is 5.89 Å². The molecule has 0 bridgehead atoms. The van der Waals surface area contributed by atoms with E-state index in [0.29, 0.717) is 29.1 Å². The molecule has 5 rings (SSSR count). The number of nitrogens with one attached hydrogen (secondary N) is 1. The maximum atomic E-state index is 6.08. The van der Waals surface area contributed by atoms with E-state index in [9.17, 15) is 0 Å². The molecule has 1 N–H and O–H groups in total. The molecule has 32 heavy (non-hydrogen) atoms. The van der Waals surface area contributed by atoms with Gasteiger partial charge in [-0.2, -0.15) is 0 Å². The summed E-state index contributed by atoms with van der Waals surface area (Å²) in [6, 6.07) is 22.9. The zero-order chi connectivity index (χ0) is 21.9. The lowest BCUT2D eigenvalue weighted by molar-refractivity contribution is 0.414. The molecule has 2 heterocycles. The fourth-order valence-electron chi connectivity index (χ4n) is 3.29. The van der Waals surface area contributed by atoms with Gasteiger partial charge in [-0.25, -0.2) is 9.97 Å². The standard InChI is InChI=1S/C24H18ClN5O2/c1-31-18-11-9-15(10-12-18)14-26-21-19-7-2-3-8-20(19)27-22(28-21)24-30-29-23(32-24)16-5-4-6-17(25)13-16/h2-13H,14H2,1H3,(H,26,27,28). The number of para-hydroxylation sites is 1. The highest BCUT2D eigenvalue weighted by Crippen LogP contribution is 2.28. The van der Waals surface area contributed by atoms with Gasteiger partial charge in [0, 0.05) is 22.5 Å². The monoisotopic (exact) mass is 443 g/mol. The molecule has 0 fully saturated rings. The largest absolute Gasteiger partial charge is 0.497 e. The van der Waals surface area contributed by atoms with Crippen LogP contribution in [0.4, 0.5) is 5.82 Å². The number of ether oxygens (including phenoxy) is 1. The Hall–Kier alpha value is -3.97. The van der Waals surface area contributed by atoms with Crippen molar-refractivity contribution in [1.82, 2.24) is 20.2 Å². The summed E-state index contributed by atoms with van der Waals surface area (Å²) in [6.07, 6.45) is 0. The van der Waals surface area contributed by atoms with Gasteiger partial charge in [-0.15, -0.1) is 10.2 Å². The number of aromatic nitrogens is 4. The van der Waals surface area contributed by atoms with Crippen LogP contribution in [0, 0.1) is 0 Å². The Labute approximate surface area is 189 Å². The average Bonchev–Trinajstić information content (AvgIpc) is 3.33. The number of methoxy groups -OCH3 is 1. The van der Waals surface area contributed by atoms with Crippen molar-refractivity contribution in [3.8, 4) is 28.9 Å². The quantitative estimate of drug-likeness (QED) is 0.364. The number of fused-ring (bicyclic) bond motifs is 1. The summed E-state index contributed by atoms with van der Waals surface area (Å²) < 4.78 is 11.1. The number of hydrogen-bond acceptors (Lipinski definition) is 7. The molecule has 0 atom stereocenters. The minimum absolute atomic E-state index is 0.234. The third-order valence-electron chi connectivity index (χ3n) is 4.91. The molecule has 8 heteroatoms. The smallest absolute Gasteiger partial charge is 0.286 e. The molecular formula is C24H18ClN5O2. The third kappa shape index (κ3) is 4.10. The first-order chi connectivity index (χ1) is 15.7. The van der Waals surface area contributed by atoms with Crippen molar-refractivity contribution < 1.29 is 9.15 Å². The van der Waals surface area contributed by atoms with Crippen molar-refractivity contribution >= 4 is 28.3 Å². The maximum Gasteiger partial charge on any atom is 0.286 e. The Bertz CT molecular complexity index is 1390. The molecule has 0 aliphatic heterocycles. The fourth-order valence-corrected chi connectivity index (χ4v) is 3.48. The van der Waals surface area contributed by atoms with Gasteiger partial charge in [0.15, 0.2) is 0 Å². The number of nitrogens with zero attached hydrogens (tertiary/aromatic N) is 4. The minimum Gasteiger partial charge on any atom is -0.497 e. The van der Waals surface area contributed by atoms with Crippen molar-refractivity contribution in [3.63, 3.8) is 0 Å². The lowest BCUT2D eigenvalue weighted by atomic mass is 10.2. The molecule has 0 aliphatic rings. The van der Waals surface area contributed by atoms with Crippen molar-refractivity contribution in [2.75, 3.05) is 12.4 Å². The number of benzene rings is 3. The van der Waals surface area contributed by atoms with Gasteiger partial charge in [0.1, 0.15) is 11.6 Å². The first-order valence-corrected chi connectivity index (χ1v) is 10.3. The summed E-state index contributed by atoms with van der Waals surface area (Å²) in [4.78, 5) is 9.29. The van der Waals surface area contributed by atoms with E-state index in [0.717, 1.165) is 27.8 Å². The molecule has 5 aromatic rings. The Morgan fingerprint density at radius 2 is 1.72 bits per heavy atom. The molecule has 2 aromatic heterocycles. The molecule has 0 saturated carbocycles. The van der Waals surface area contributed by atoms with E-state index >= 15 is 0 Å². The molecule has 0 radical (unpaired) electrons. The van der Waals surface area contributed by atoms with Gasteiger partial charge in [0.05, 0.1) is 12.6 Å². The molecule has 0 aliphatic carbocycles. The van der Waals surface area contributed by atoms with Gasteiger partial charge in [-0.3, -0.25) is 0 Å². The SMILES string of the molecule is COc1ccc(CNc2nc(-c3nnc(-c4cccc(Cl)c4)o3)nc3ccccc23)cc1. The summed E-state index contributed by atoms with van der Waals surface area (Å²) in [7, 11) is 1.65. The summed E-state index contributed by atoms with van der Waals surface area (Å²) in [5.41, 5.74) is 2.60. The van der Waals surface area contributed by atoms with Crippen LogP contribution in [0.15, 0.2) is 77.2 Å². The van der Waals surface area contributed by atoms with Crippen molar-refractivity contribution in [2.24, 2.45) is 0 Å². The predicted molar refractivity (Wildman–Crippen MR) is 124 cm³/mol. The molecule has 0 saturated heterocycles. The molecule has 0 amide bonds. The van der Waals surface area contributed by atoms with Crippen LogP contribution in [0.1, 0.15) is 5.56 Å². The summed E-state index contributed by atoms with van der Waals surface area (Å²) >= 11 is 6.08. The second-order valence-corrected chi connectivity index (χ2v) is 7.47. The Morgan fingerprint density at radius 3 is 2.53 bits per heavy atom. The molecule has 0 spiro atoms. The summed E-state index contributed by atoms with van der Waals surface area (Å²) in [5, 5.41) is 13.2. The number of hydrogen-bond donors (Lipinski definition) is 1. The van der Waals surface area contributed by atoms with Crippen LogP contribution in [-0.2, 0) is 6.54 Å². The van der Waals surface area contributed by atoms with Crippen LogP contribution in [-0.4, -0.2) is 27.3 Å². The average molecular weight is 444 g/mol. The van der Waals surface area contributed by atoms with Crippen LogP contribution < -0.4 is 10.1 Å². The van der Waals surface area contributed by atoms with Gasteiger partial charge < -0.3 is 14.5 Å². The number of halogens is 1. The van der Waals surface area contributed by atoms with E-state index in [2.05, 4.69) is 25.5 Å². The summed E-state index contributed by atoms with van der Waals surface area (Å²) in [6.45, 7) is 0.585. The van der Waals surface area contributed by atoms with Crippen molar-refractivity contribution in [2.45, 2.75) is 6.54 Å². The Kier molecular flexibility index (Phi) is 5.39. The molecule has 7 nitrogen and oxygen atoms in total. The third-order valence-corrected chi connectivity index (χ3v) is 5.15. The molecule has 0 unspecified atom stereocenters. The topological polar surface area (TPSA) is 86.0 Å². The Balaban J connectivity index is 1.48. The van der Waals surface area contributed by atoms with Crippen LogP contribution in [0.2, 0.25) is 5.02 Å². The van der Waals surface area contributed by atoms with Gasteiger partial charge in [-0.1, -0.05) is 41.9 Å². The maximum absolute atomic E-state index is 6.08. The van der Waals surface area contributed by atoms with E-state index < -0.39 is 0 Å². The predicted octanol–water partition coefficient (Wildman–Crippen LogP) is 5.62. The van der Waals surface area contributed by atoms with Crippen molar-refractivity contribution in [3.05, 3.63) is 83.4 Å². The van der Waals surface area contributed by atoms with Gasteiger partial charge in [-0.05, 0) is 48.0 Å². The van der Waals surface area contributed by atoms with Crippen LogP contribution in [0.3, 0.4) is 0 Å². The molecule has 3 aromatic carbocycles. The molecule has 158 valence electrons. The number of anilines is 1. The van der Waals surface area contributed by atoms with E-state index in [1.165, 1.54) is 0 Å². The highest BCUT2D eigenvalue weighted by Gasteiger charge is 2.16. The van der Waals surface area contributed by atoms with E-state index in [1.54, 1.807) is 19.2 Å². The normalized spacial score (nSPS) is 10.9. The zero-order valence-electron chi connectivity index (χ0n) is 17.1. The van der Waals surface area contributed by atoms with E-state index in [4.69, 9.17) is 20.8 Å². The Morgan fingerprint density at radius 1 is 0.906 bits per heavy atom. The summed E-state index contributed by atoms with van der Waals surface area (Å²) in [5.74, 6) is 2.44. The van der Waals surface area contributed by atoms with Crippen LogP contribution in [0.25, 0.3) is 34.1 Å². The first kappa shape index (κ1) is 20.0. The van der Waals surface area contributed by atoms with E-state index in [-0.39, 0.29) is 5.89 Å². The highest BCUT2D eigenvalue weighted by atomic mass is 35.5. The fraction of sp³-hybridized carbons (Fsp3) is 0.0833. The zero-order valence-corrected chi connectivity index (χ0v) is 17.9. The second kappa shape index (κ2) is 8.64. The lowest BCUT2D eigenvalue weighted by Gasteiger charge is -2.10. The van der Waals surface area contributed by atoms with Gasteiger partial charge >= 0.3 is 0 Å². The number of rotatable bonds is 6. The lowest BCUT2D eigenvalue weighted by Crippen LogP contribution is -2.04. The van der Waals surface area contributed by atoms with Gasteiger partial charge in [0.2, 0.25) is 11.7 Å². The van der Waals surface area contributed by atoms with Crippen LogP contribution in [0.5, 0.6) is 5.75 Å². The van der Waals surface area contributed by atoms with E-state index in [1.807, 2.05) is 60.7 Å². The second-order valence-electron chi connectivity index (χ2n) is 7.04.